The van der Waals surface area contributed by atoms with Crippen molar-refractivity contribution in [3.63, 3.8) is 0 Å². The third-order valence-electron chi connectivity index (χ3n) is 2.27. The SMILES string of the molecule is CN(Cc1cccs1)C(=O)c1cncc(Br)c1. The average molecular weight is 311 g/mol. The highest BCUT2D eigenvalue weighted by Crippen LogP contribution is 2.14. The van der Waals surface area contributed by atoms with Gasteiger partial charge in [-0.15, -0.1) is 11.3 Å². The van der Waals surface area contributed by atoms with Crippen molar-refractivity contribution in [1.82, 2.24) is 9.88 Å². The van der Waals surface area contributed by atoms with E-state index in [-0.39, 0.29) is 5.91 Å². The molecule has 0 spiro atoms. The summed E-state index contributed by atoms with van der Waals surface area (Å²) in [6.07, 6.45) is 3.24. The topological polar surface area (TPSA) is 33.2 Å². The molecule has 2 aromatic rings. The van der Waals surface area contributed by atoms with E-state index in [2.05, 4.69) is 20.9 Å². The molecule has 0 fully saturated rings. The van der Waals surface area contributed by atoms with Gasteiger partial charge < -0.3 is 4.90 Å². The lowest BCUT2D eigenvalue weighted by Crippen LogP contribution is -2.25. The Labute approximate surface area is 112 Å². The molecule has 0 atom stereocenters. The number of aromatic nitrogens is 1. The maximum atomic E-state index is 12.1. The van der Waals surface area contributed by atoms with Gasteiger partial charge in [-0.1, -0.05) is 6.07 Å². The number of carbonyl (C=O) groups excluding carboxylic acids is 1. The zero-order valence-corrected chi connectivity index (χ0v) is 11.7. The molecule has 3 nitrogen and oxygen atoms in total. The van der Waals surface area contributed by atoms with E-state index in [1.54, 1.807) is 41.7 Å². The van der Waals surface area contributed by atoms with Gasteiger partial charge in [0.1, 0.15) is 0 Å². The molecule has 88 valence electrons. The Hall–Kier alpha value is -1.20. The lowest BCUT2D eigenvalue weighted by Gasteiger charge is -2.16. The van der Waals surface area contributed by atoms with E-state index >= 15 is 0 Å². The molecule has 17 heavy (non-hydrogen) atoms. The number of halogens is 1. The largest absolute Gasteiger partial charge is 0.337 e. The van der Waals surface area contributed by atoms with Crippen LogP contribution in [0.25, 0.3) is 0 Å². The fourth-order valence-corrected chi connectivity index (χ4v) is 2.58. The Morgan fingerprint density at radius 1 is 1.53 bits per heavy atom. The van der Waals surface area contributed by atoms with E-state index in [4.69, 9.17) is 0 Å². The number of carbonyl (C=O) groups is 1. The lowest BCUT2D eigenvalue weighted by molar-refractivity contribution is 0.0786. The van der Waals surface area contributed by atoms with Gasteiger partial charge in [0.2, 0.25) is 0 Å². The first-order valence-electron chi connectivity index (χ1n) is 5.05. The van der Waals surface area contributed by atoms with Crippen molar-refractivity contribution < 1.29 is 4.79 Å². The van der Waals surface area contributed by atoms with Crippen molar-refractivity contribution in [2.75, 3.05) is 7.05 Å². The Bertz CT molecular complexity index is 513. The second kappa shape index (κ2) is 5.42. The Morgan fingerprint density at radius 3 is 3.00 bits per heavy atom. The van der Waals surface area contributed by atoms with Gasteiger partial charge in [-0.25, -0.2) is 0 Å². The second-order valence-electron chi connectivity index (χ2n) is 3.63. The minimum Gasteiger partial charge on any atom is -0.337 e. The molecule has 0 saturated heterocycles. The van der Waals surface area contributed by atoms with Gasteiger partial charge in [0, 0.05) is 28.8 Å². The van der Waals surface area contributed by atoms with Crippen LogP contribution < -0.4 is 0 Å². The van der Waals surface area contributed by atoms with Crippen molar-refractivity contribution in [1.29, 1.82) is 0 Å². The normalized spacial score (nSPS) is 10.2. The van der Waals surface area contributed by atoms with Crippen LogP contribution in [0.5, 0.6) is 0 Å². The summed E-state index contributed by atoms with van der Waals surface area (Å²) in [5.74, 6) is -0.0211. The van der Waals surface area contributed by atoms with Crippen LogP contribution in [0.2, 0.25) is 0 Å². The molecule has 0 aliphatic carbocycles. The first-order chi connectivity index (χ1) is 8.16. The van der Waals surface area contributed by atoms with Crippen LogP contribution in [0.4, 0.5) is 0 Å². The van der Waals surface area contributed by atoms with Gasteiger partial charge >= 0.3 is 0 Å². The van der Waals surface area contributed by atoms with Crippen molar-refractivity contribution in [3.05, 3.63) is 50.9 Å². The summed E-state index contributed by atoms with van der Waals surface area (Å²) >= 11 is 4.96. The molecule has 0 radical (unpaired) electrons. The van der Waals surface area contributed by atoms with Crippen molar-refractivity contribution in [3.8, 4) is 0 Å². The standard InChI is InChI=1S/C12H11BrN2OS/c1-15(8-11-3-2-4-17-11)12(16)9-5-10(13)7-14-6-9/h2-7H,8H2,1H3. The predicted molar refractivity (Wildman–Crippen MR) is 72.1 cm³/mol. The summed E-state index contributed by atoms with van der Waals surface area (Å²) in [5, 5.41) is 2.01. The molecule has 0 aliphatic rings. The minimum atomic E-state index is -0.0211. The molecular weight excluding hydrogens is 300 g/mol. The van der Waals surface area contributed by atoms with Gasteiger partial charge in [0.15, 0.2) is 0 Å². The molecular formula is C12H11BrN2OS. The highest BCUT2D eigenvalue weighted by Gasteiger charge is 2.12. The molecule has 0 saturated carbocycles. The van der Waals surface area contributed by atoms with Gasteiger partial charge in [-0.3, -0.25) is 9.78 Å². The minimum absolute atomic E-state index is 0.0211. The summed E-state index contributed by atoms with van der Waals surface area (Å²) in [7, 11) is 1.79. The quantitative estimate of drug-likeness (QED) is 0.872. The summed E-state index contributed by atoms with van der Waals surface area (Å²) < 4.78 is 0.813. The summed E-state index contributed by atoms with van der Waals surface area (Å²) in [4.78, 5) is 18.9. The Kier molecular flexibility index (Phi) is 3.91. The van der Waals surface area contributed by atoms with Crippen LogP contribution in [0.1, 0.15) is 15.2 Å². The maximum absolute atomic E-state index is 12.1. The van der Waals surface area contributed by atoms with Crippen LogP contribution in [0.15, 0.2) is 40.4 Å². The first-order valence-corrected chi connectivity index (χ1v) is 6.72. The number of hydrogen-bond donors (Lipinski definition) is 0. The third kappa shape index (κ3) is 3.14. The van der Waals surface area contributed by atoms with Crippen LogP contribution in [-0.2, 0) is 6.54 Å². The van der Waals surface area contributed by atoms with Gasteiger partial charge in [0.25, 0.3) is 5.91 Å². The highest BCUT2D eigenvalue weighted by atomic mass is 79.9. The molecule has 0 aromatic carbocycles. The zero-order valence-electron chi connectivity index (χ0n) is 9.26. The summed E-state index contributed by atoms with van der Waals surface area (Å²) in [6.45, 7) is 0.628. The molecule has 0 N–H and O–H groups in total. The Balaban J connectivity index is 2.09. The molecule has 2 heterocycles. The molecule has 5 heteroatoms. The number of amides is 1. The van der Waals surface area contributed by atoms with E-state index in [9.17, 15) is 4.79 Å². The number of nitrogens with zero attached hydrogens (tertiary/aromatic N) is 2. The predicted octanol–water partition coefficient (Wildman–Crippen LogP) is 3.18. The molecule has 2 rings (SSSR count). The summed E-state index contributed by atoms with van der Waals surface area (Å²) in [6, 6.07) is 5.78. The smallest absolute Gasteiger partial charge is 0.255 e. The number of hydrogen-bond acceptors (Lipinski definition) is 3. The van der Waals surface area contributed by atoms with Crippen molar-refractivity contribution in [2.45, 2.75) is 6.54 Å². The lowest BCUT2D eigenvalue weighted by atomic mass is 10.2. The van der Waals surface area contributed by atoms with E-state index in [1.165, 1.54) is 4.88 Å². The molecule has 1 amide bonds. The fraction of sp³-hybridized carbons (Fsp3) is 0.167. The second-order valence-corrected chi connectivity index (χ2v) is 5.58. The highest BCUT2D eigenvalue weighted by molar-refractivity contribution is 9.10. The van der Waals surface area contributed by atoms with Crippen molar-refractivity contribution >= 4 is 33.2 Å². The fourth-order valence-electron chi connectivity index (χ4n) is 1.46. The first kappa shape index (κ1) is 12.3. The number of pyridine rings is 1. The van der Waals surface area contributed by atoms with Gasteiger partial charge in [-0.2, -0.15) is 0 Å². The van der Waals surface area contributed by atoms with Gasteiger partial charge in [-0.05, 0) is 33.4 Å². The van der Waals surface area contributed by atoms with E-state index < -0.39 is 0 Å². The van der Waals surface area contributed by atoms with Crippen LogP contribution in [0.3, 0.4) is 0 Å². The number of thiophene rings is 1. The average Bonchev–Trinajstić information content (AvgIpc) is 2.80. The third-order valence-corrected chi connectivity index (χ3v) is 3.57. The molecule has 0 aliphatic heterocycles. The van der Waals surface area contributed by atoms with E-state index in [0.29, 0.717) is 12.1 Å². The van der Waals surface area contributed by atoms with E-state index in [1.807, 2.05) is 17.5 Å². The van der Waals surface area contributed by atoms with Crippen molar-refractivity contribution in [2.24, 2.45) is 0 Å². The molecule has 0 bridgehead atoms. The zero-order chi connectivity index (χ0) is 12.3. The van der Waals surface area contributed by atoms with Gasteiger partial charge in [0.05, 0.1) is 12.1 Å². The van der Waals surface area contributed by atoms with Crippen LogP contribution >= 0.6 is 27.3 Å². The number of rotatable bonds is 3. The summed E-state index contributed by atoms with van der Waals surface area (Å²) in [5.41, 5.74) is 0.596. The van der Waals surface area contributed by atoms with Crippen LogP contribution in [0, 0.1) is 0 Å². The molecule has 0 unspecified atom stereocenters. The monoisotopic (exact) mass is 310 g/mol. The van der Waals surface area contributed by atoms with E-state index in [0.717, 1.165) is 4.47 Å². The molecule has 2 aromatic heterocycles. The van der Waals surface area contributed by atoms with Crippen LogP contribution in [-0.4, -0.2) is 22.8 Å². The Morgan fingerprint density at radius 2 is 2.35 bits per heavy atom. The maximum Gasteiger partial charge on any atom is 0.255 e.